The predicted molar refractivity (Wildman–Crippen MR) is 134 cm³/mol. The third kappa shape index (κ3) is 12.6. The van der Waals surface area contributed by atoms with E-state index in [-0.39, 0.29) is 9.79 Å². The Morgan fingerprint density at radius 3 is 1.38 bits per heavy atom. The van der Waals surface area contributed by atoms with Gasteiger partial charge in [0.25, 0.3) is 20.2 Å². The van der Waals surface area contributed by atoms with Crippen molar-refractivity contribution in [3.05, 3.63) is 95.6 Å². The van der Waals surface area contributed by atoms with Crippen LogP contribution in [0.15, 0.2) is 88.7 Å². The maximum absolute atomic E-state index is 10.5. The van der Waals surface area contributed by atoms with Crippen molar-refractivity contribution in [1.29, 1.82) is 0 Å². The SMILES string of the molecule is CC(C)NNCc1ccccc1.Cc1ccc(S(=O)(=O)O)cc1.Cc1ccc(S(=O)(=O)O)cc1. The van der Waals surface area contributed by atoms with E-state index in [1.807, 2.05) is 32.0 Å². The van der Waals surface area contributed by atoms with Crippen LogP contribution in [0.25, 0.3) is 0 Å². The highest BCUT2D eigenvalue weighted by molar-refractivity contribution is 7.86. The molecule has 0 bridgehead atoms. The van der Waals surface area contributed by atoms with E-state index in [1.165, 1.54) is 29.8 Å². The minimum Gasteiger partial charge on any atom is -0.282 e. The van der Waals surface area contributed by atoms with Crippen molar-refractivity contribution in [2.45, 2.75) is 50.1 Å². The first-order valence-corrected chi connectivity index (χ1v) is 13.3. The van der Waals surface area contributed by atoms with Crippen LogP contribution in [0.2, 0.25) is 0 Å². The van der Waals surface area contributed by atoms with Crippen molar-refractivity contribution in [3.63, 3.8) is 0 Å². The molecular weight excluding hydrogens is 476 g/mol. The normalized spacial score (nSPS) is 11.1. The topological polar surface area (TPSA) is 133 Å². The largest absolute Gasteiger partial charge is 0.294 e. The summed E-state index contributed by atoms with van der Waals surface area (Å²) in [6.07, 6.45) is 0. The quantitative estimate of drug-likeness (QED) is 0.288. The summed E-state index contributed by atoms with van der Waals surface area (Å²) in [6, 6.07) is 22.8. The van der Waals surface area contributed by atoms with E-state index in [0.717, 1.165) is 17.7 Å². The number of hydrazine groups is 1. The van der Waals surface area contributed by atoms with Gasteiger partial charge in [0, 0.05) is 12.6 Å². The van der Waals surface area contributed by atoms with Gasteiger partial charge in [-0.1, -0.05) is 65.7 Å². The number of aryl methyl sites for hydroxylation is 2. The summed E-state index contributed by atoms with van der Waals surface area (Å²) in [5, 5.41) is 0. The molecule has 8 nitrogen and oxygen atoms in total. The Hall–Kier alpha value is -2.60. The van der Waals surface area contributed by atoms with E-state index in [4.69, 9.17) is 9.11 Å². The van der Waals surface area contributed by atoms with Crippen LogP contribution in [0, 0.1) is 13.8 Å². The molecule has 3 rings (SSSR count). The maximum Gasteiger partial charge on any atom is 0.294 e. The highest BCUT2D eigenvalue weighted by Crippen LogP contribution is 2.09. The Kier molecular flexibility index (Phi) is 12.1. The first kappa shape index (κ1) is 29.4. The second-order valence-electron chi connectivity index (χ2n) is 7.71. The fraction of sp³-hybridized carbons (Fsp3) is 0.250. The molecule has 0 spiro atoms. The van der Waals surface area contributed by atoms with E-state index in [1.54, 1.807) is 24.3 Å². The van der Waals surface area contributed by atoms with Crippen molar-refractivity contribution in [2.24, 2.45) is 0 Å². The van der Waals surface area contributed by atoms with Crippen molar-refractivity contribution >= 4 is 20.2 Å². The smallest absolute Gasteiger partial charge is 0.282 e. The highest BCUT2D eigenvalue weighted by atomic mass is 32.2. The van der Waals surface area contributed by atoms with Crippen LogP contribution in [0.5, 0.6) is 0 Å². The summed E-state index contributed by atoms with van der Waals surface area (Å²) in [6.45, 7) is 8.77. The molecule has 0 saturated heterocycles. The van der Waals surface area contributed by atoms with Gasteiger partial charge in [-0.15, -0.1) is 0 Å². The predicted octanol–water partition coefficient (Wildman–Crippen LogP) is 4.17. The monoisotopic (exact) mass is 508 g/mol. The lowest BCUT2D eigenvalue weighted by atomic mass is 10.2. The molecule has 0 aromatic heterocycles. The third-order valence-corrected chi connectivity index (χ3v) is 5.90. The van der Waals surface area contributed by atoms with E-state index in [2.05, 4.69) is 36.8 Å². The first-order valence-electron chi connectivity index (χ1n) is 10.4. The van der Waals surface area contributed by atoms with Crippen LogP contribution in [-0.2, 0) is 26.8 Å². The Labute approximate surface area is 202 Å². The van der Waals surface area contributed by atoms with Crippen LogP contribution in [0.3, 0.4) is 0 Å². The molecule has 0 unspecified atom stereocenters. The molecule has 3 aromatic carbocycles. The first-order chi connectivity index (χ1) is 15.8. The molecule has 0 aliphatic rings. The molecule has 0 saturated carbocycles. The van der Waals surface area contributed by atoms with Crippen molar-refractivity contribution in [1.82, 2.24) is 10.9 Å². The van der Waals surface area contributed by atoms with Crippen molar-refractivity contribution in [2.75, 3.05) is 0 Å². The number of nitrogens with one attached hydrogen (secondary N) is 2. The molecule has 186 valence electrons. The van der Waals surface area contributed by atoms with Crippen LogP contribution in [0.1, 0.15) is 30.5 Å². The van der Waals surface area contributed by atoms with Gasteiger partial charge >= 0.3 is 0 Å². The zero-order valence-electron chi connectivity index (χ0n) is 19.6. The second-order valence-corrected chi connectivity index (χ2v) is 10.6. The molecule has 0 aliphatic carbocycles. The van der Waals surface area contributed by atoms with Crippen molar-refractivity contribution < 1.29 is 25.9 Å². The molecule has 0 aliphatic heterocycles. The van der Waals surface area contributed by atoms with Gasteiger partial charge in [0.15, 0.2) is 0 Å². The Balaban J connectivity index is 0.000000255. The fourth-order valence-corrected chi connectivity index (χ4v) is 3.33. The zero-order valence-corrected chi connectivity index (χ0v) is 21.3. The minimum atomic E-state index is -4.02. The molecule has 10 heteroatoms. The standard InChI is InChI=1S/C10H16N2.2C7H8O3S/c1-9(2)12-11-8-10-6-4-3-5-7-10;2*1-6-2-4-7(5-3-6)11(8,9)10/h3-7,9,11-12H,8H2,1-2H3;2*2-5H,1H3,(H,8,9,10). The van der Waals surface area contributed by atoms with Gasteiger partial charge in [-0.2, -0.15) is 16.8 Å². The summed E-state index contributed by atoms with van der Waals surface area (Å²) in [5.41, 5.74) is 9.50. The summed E-state index contributed by atoms with van der Waals surface area (Å²) in [5.74, 6) is 0. The summed E-state index contributed by atoms with van der Waals surface area (Å²) >= 11 is 0. The Morgan fingerprint density at radius 1 is 0.676 bits per heavy atom. The second kappa shape index (κ2) is 14.0. The van der Waals surface area contributed by atoms with Gasteiger partial charge in [0.05, 0.1) is 9.79 Å². The molecule has 3 aromatic rings. The average Bonchev–Trinajstić information content (AvgIpc) is 2.74. The summed E-state index contributed by atoms with van der Waals surface area (Å²) in [7, 11) is -8.04. The van der Waals surface area contributed by atoms with Crippen LogP contribution in [0.4, 0.5) is 0 Å². The van der Waals surface area contributed by atoms with E-state index in [0.29, 0.717) is 6.04 Å². The third-order valence-electron chi connectivity index (χ3n) is 4.16. The average molecular weight is 509 g/mol. The molecule has 0 atom stereocenters. The van der Waals surface area contributed by atoms with Gasteiger partial charge in [-0.25, -0.2) is 0 Å². The minimum absolute atomic E-state index is 0.0666. The van der Waals surface area contributed by atoms with Crippen LogP contribution in [-0.4, -0.2) is 32.0 Å². The van der Waals surface area contributed by atoms with Gasteiger partial charge in [0.2, 0.25) is 0 Å². The Morgan fingerprint density at radius 2 is 1.06 bits per heavy atom. The van der Waals surface area contributed by atoms with Gasteiger partial charge < -0.3 is 0 Å². The maximum atomic E-state index is 10.5. The van der Waals surface area contributed by atoms with Crippen molar-refractivity contribution in [3.8, 4) is 0 Å². The van der Waals surface area contributed by atoms with Gasteiger partial charge in [0.1, 0.15) is 0 Å². The van der Waals surface area contributed by atoms with E-state index >= 15 is 0 Å². The van der Waals surface area contributed by atoms with Gasteiger partial charge in [-0.3, -0.25) is 20.0 Å². The lowest BCUT2D eigenvalue weighted by Gasteiger charge is -2.09. The molecule has 34 heavy (non-hydrogen) atoms. The van der Waals surface area contributed by atoms with Gasteiger partial charge in [-0.05, 0) is 57.5 Å². The Bertz CT molecular complexity index is 1120. The number of hydrogen-bond donors (Lipinski definition) is 4. The molecule has 0 amide bonds. The lowest BCUT2D eigenvalue weighted by molar-refractivity contribution is 0.471. The van der Waals surface area contributed by atoms with Crippen LogP contribution < -0.4 is 10.9 Å². The van der Waals surface area contributed by atoms with E-state index in [9.17, 15) is 16.8 Å². The number of rotatable bonds is 6. The van der Waals surface area contributed by atoms with Crippen LogP contribution >= 0.6 is 0 Å². The molecule has 4 N–H and O–H groups in total. The number of benzene rings is 3. The fourth-order valence-electron chi connectivity index (χ4n) is 2.37. The molecule has 0 fully saturated rings. The summed E-state index contributed by atoms with van der Waals surface area (Å²) < 4.78 is 59.1. The highest BCUT2D eigenvalue weighted by Gasteiger charge is 2.07. The molecule has 0 heterocycles. The zero-order chi connectivity index (χ0) is 25.8. The summed E-state index contributed by atoms with van der Waals surface area (Å²) in [4.78, 5) is -0.133. The molecular formula is C24H32N2O6S2. The molecule has 0 radical (unpaired) electrons. The lowest BCUT2D eigenvalue weighted by Crippen LogP contribution is -2.36. The van der Waals surface area contributed by atoms with E-state index < -0.39 is 20.2 Å². The number of hydrogen-bond acceptors (Lipinski definition) is 6.